The van der Waals surface area contributed by atoms with Gasteiger partial charge in [-0.05, 0) is 110 Å². The maximum atomic E-state index is 14.8. The van der Waals surface area contributed by atoms with Crippen LogP contribution in [-0.2, 0) is 32.1 Å². The number of hydrogen-bond donors (Lipinski definition) is 0. The fraction of sp³-hybridized carbons (Fsp3) is 0.500. The fourth-order valence-corrected chi connectivity index (χ4v) is 6.30. The van der Waals surface area contributed by atoms with Gasteiger partial charge in [-0.2, -0.15) is 0 Å². The number of rotatable bonds is 14. The first-order chi connectivity index (χ1) is 19.4. The van der Waals surface area contributed by atoms with Crippen LogP contribution in [0.5, 0.6) is 0 Å². The molecule has 1 aliphatic carbocycles. The van der Waals surface area contributed by atoms with Gasteiger partial charge in [0.2, 0.25) is 0 Å². The number of halogens is 4. The molecule has 0 aromatic heterocycles. The molecule has 0 radical (unpaired) electrons. The molecule has 3 aromatic rings. The molecule has 1 saturated carbocycles. The summed E-state index contributed by atoms with van der Waals surface area (Å²) < 4.78 is 43.2. The second-order valence-corrected chi connectivity index (χ2v) is 12.3. The van der Waals surface area contributed by atoms with Gasteiger partial charge < -0.3 is 0 Å². The van der Waals surface area contributed by atoms with E-state index in [0.717, 1.165) is 24.3 Å². The van der Waals surface area contributed by atoms with Crippen LogP contribution in [0.4, 0.5) is 13.2 Å². The average molecular weight is 569 g/mol. The maximum Gasteiger partial charge on any atom is 0.142 e. The number of aryl methyl sites for hydroxylation is 4. The highest BCUT2D eigenvalue weighted by Gasteiger charge is 2.21. The summed E-state index contributed by atoms with van der Waals surface area (Å²) in [5, 5.41) is 0.0490. The van der Waals surface area contributed by atoms with Crippen molar-refractivity contribution >= 4 is 11.6 Å². The first kappa shape index (κ1) is 30.7. The third kappa shape index (κ3) is 9.40. The van der Waals surface area contributed by atoms with Gasteiger partial charge in [-0.3, -0.25) is 0 Å². The van der Waals surface area contributed by atoms with Gasteiger partial charge in [-0.15, -0.1) is 0 Å². The first-order valence-corrected chi connectivity index (χ1v) is 15.8. The van der Waals surface area contributed by atoms with E-state index in [2.05, 4.69) is 31.2 Å². The Labute approximate surface area is 244 Å². The molecular formula is C36H44ClF3. The molecular weight excluding hydrogens is 525 g/mol. The summed E-state index contributed by atoms with van der Waals surface area (Å²) in [5.41, 5.74) is 4.39. The van der Waals surface area contributed by atoms with E-state index in [9.17, 15) is 13.2 Å². The standard InChI is InChI=1S/C36H44ClF3/c1-2-3-4-5-6-26-7-9-27(10-8-26)11-12-28-13-15-29(16-14-28)17-18-31-24-34(38)32(35(39)25-31)21-19-30-20-22-33(37)36(40)23-30/h7-10,20,22-25,28-29H,2-6,11-19,21H2,1H3/t28-,29-. The Morgan fingerprint density at radius 3 is 1.68 bits per heavy atom. The molecule has 0 aliphatic heterocycles. The molecule has 0 spiro atoms. The molecule has 40 heavy (non-hydrogen) atoms. The summed E-state index contributed by atoms with van der Waals surface area (Å²) in [7, 11) is 0. The Morgan fingerprint density at radius 2 is 1.10 bits per heavy atom. The lowest BCUT2D eigenvalue weighted by molar-refractivity contribution is 0.253. The minimum atomic E-state index is -0.511. The predicted octanol–water partition coefficient (Wildman–Crippen LogP) is 11.0. The van der Waals surface area contributed by atoms with Crippen LogP contribution in [0.15, 0.2) is 54.6 Å². The Hall–Kier alpha value is -2.26. The second kappa shape index (κ2) is 15.7. The van der Waals surface area contributed by atoms with Crippen molar-refractivity contribution in [2.75, 3.05) is 0 Å². The van der Waals surface area contributed by atoms with Crippen LogP contribution in [0.2, 0.25) is 5.02 Å². The first-order valence-electron chi connectivity index (χ1n) is 15.4. The molecule has 4 rings (SSSR count). The van der Waals surface area contributed by atoms with Gasteiger partial charge in [0, 0.05) is 5.56 Å². The lowest BCUT2D eigenvalue weighted by Crippen LogP contribution is -2.16. The minimum Gasteiger partial charge on any atom is -0.207 e. The van der Waals surface area contributed by atoms with Gasteiger partial charge in [-0.1, -0.05) is 93.8 Å². The van der Waals surface area contributed by atoms with Gasteiger partial charge in [0.05, 0.1) is 5.02 Å². The van der Waals surface area contributed by atoms with Crippen LogP contribution in [0.25, 0.3) is 0 Å². The lowest BCUT2D eigenvalue weighted by Gasteiger charge is -2.28. The van der Waals surface area contributed by atoms with Crippen molar-refractivity contribution in [3.8, 4) is 0 Å². The third-order valence-corrected chi connectivity index (χ3v) is 9.15. The summed E-state index contributed by atoms with van der Waals surface area (Å²) in [6.07, 6.45) is 16.0. The lowest BCUT2D eigenvalue weighted by atomic mass is 9.77. The Balaban J connectivity index is 1.16. The fourth-order valence-electron chi connectivity index (χ4n) is 6.18. The summed E-state index contributed by atoms with van der Waals surface area (Å²) in [6.45, 7) is 2.25. The van der Waals surface area contributed by atoms with Crippen molar-refractivity contribution in [3.63, 3.8) is 0 Å². The van der Waals surface area contributed by atoms with Crippen LogP contribution in [0.1, 0.15) is 98.9 Å². The zero-order valence-corrected chi connectivity index (χ0v) is 24.7. The van der Waals surface area contributed by atoms with E-state index in [1.54, 1.807) is 6.07 Å². The van der Waals surface area contributed by atoms with Crippen LogP contribution in [0, 0.1) is 29.3 Å². The van der Waals surface area contributed by atoms with Crippen molar-refractivity contribution in [2.45, 2.75) is 103 Å². The van der Waals surface area contributed by atoms with Crippen molar-refractivity contribution < 1.29 is 13.2 Å². The summed E-state index contributed by atoms with van der Waals surface area (Å²) in [6, 6.07) is 16.8. The quantitative estimate of drug-likeness (QED) is 0.170. The molecule has 0 saturated heterocycles. The van der Waals surface area contributed by atoms with Gasteiger partial charge in [0.25, 0.3) is 0 Å². The summed E-state index contributed by atoms with van der Waals surface area (Å²) in [5.74, 6) is -0.0972. The zero-order valence-electron chi connectivity index (χ0n) is 24.0. The van der Waals surface area contributed by atoms with E-state index in [0.29, 0.717) is 24.3 Å². The minimum absolute atomic E-state index is 0.0490. The molecule has 0 amide bonds. The Morgan fingerprint density at radius 1 is 0.575 bits per heavy atom. The number of unbranched alkanes of at least 4 members (excludes halogenated alkanes) is 3. The molecule has 1 aliphatic rings. The zero-order chi connectivity index (χ0) is 28.3. The monoisotopic (exact) mass is 568 g/mol. The van der Waals surface area contributed by atoms with Crippen molar-refractivity contribution in [1.82, 2.24) is 0 Å². The van der Waals surface area contributed by atoms with E-state index in [-0.39, 0.29) is 17.0 Å². The van der Waals surface area contributed by atoms with Crippen molar-refractivity contribution in [2.24, 2.45) is 11.8 Å². The third-order valence-electron chi connectivity index (χ3n) is 8.84. The van der Waals surface area contributed by atoms with Gasteiger partial charge in [0.15, 0.2) is 0 Å². The largest absolute Gasteiger partial charge is 0.207 e. The second-order valence-electron chi connectivity index (χ2n) is 11.9. The molecule has 3 aromatic carbocycles. The molecule has 0 unspecified atom stereocenters. The van der Waals surface area contributed by atoms with Crippen LogP contribution < -0.4 is 0 Å². The van der Waals surface area contributed by atoms with Crippen molar-refractivity contribution in [1.29, 1.82) is 0 Å². The number of benzene rings is 3. The van der Waals surface area contributed by atoms with E-state index < -0.39 is 17.5 Å². The summed E-state index contributed by atoms with van der Waals surface area (Å²) in [4.78, 5) is 0. The normalized spacial score (nSPS) is 17.3. The maximum absolute atomic E-state index is 14.8. The van der Waals surface area contributed by atoms with Crippen molar-refractivity contribution in [3.05, 3.63) is 105 Å². The highest BCUT2D eigenvalue weighted by molar-refractivity contribution is 6.30. The topological polar surface area (TPSA) is 0 Å². The molecule has 216 valence electrons. The highest BCUT2D eigenvalue weighted by atomic mass is 35.5. The van der Waals surface area contributed by atoms with Crippen LogP contribution in [-0.4, -0.2) is 0 Å². The van der Waals surface area contributed by atoms with Gasteiger partial charge in [-0.25, -0.2) is 13.2 Å². The van der Waals surface area contributed by atoms with Crippen LogP contribution in [0.3, 0.4) is 0 Å². The molecule has 4 heteroatoms. The molecule has 0 nitrogen and oxygen atoms in total. The molecule has 0 atom stereocenters. The summed E-state index contributed by atoms with van der Waals surface area (Å²) >= 11 is 5.72. The van der Waals surface area contributed by atoms with E-state index >= 15 is 0 Å². The van der Waals surface area contributed by atoms with E-state index in [1.165, 1.54) is 99.6 Å². The SMILES string of the molecule is CCCCCCc1ccc(CC[C@H]2CC[C@H](CCc3cc(F)c(CCc4ccc(Cl)c(F)c4)c(F)c3)CC2)cc1. The van der Waals surface area contributed by atoms with Crippen LogP contribution >= 0.6 is 11.6 Å². The Kier molecular flexibility index (Phi) is 12.0. The molecule has 0 heterocycles. The van der Waals surface area contributed by atoms with E-state index in [1.807, 2.05) is 0 Å². The smallest absolute Gasteiger partial charge is 0.142 e. The highest BCUT2D eigenvalue weighted by Crippen LogP contribution is 2.34. The molecule has 1 fully saturated rings. The van der Waals surface area contributed by atoms with E-state index in [4.69, 9.17) is 11.6 Å². The molecule has 0 bridgehead atoms. The molecule has 0 N–H and O–H groups in total. The number of hydrogen-bond acceptors (Lipinski definition) is 0. The predicted molar refractivity (Wildman–Crippen MR) is 162 cm³/mol. The average Bonchev–Trinajstić information content (AvgIpc) is 2.95. The van der Waals surface area contributed by atoms with Gasteiger partial charge >= 0.3 is 0 Å². The Bertz CT molecular complexity index is 1170. The van der Waals surface area contributed by atoms with Gasteiger partial charge in [0.1, 0.15) is 17.5 Å².